The quantitative estimate of drug-likeness (QED) is 0.567. The van der Waals surface area contributed by atoms with Crippen LogP contribution in [0.5, 0.6) is 5.75 Å². The molecule has 0 saturated carbocycles. The Hall–Kier alpha value is -2.73. The number of pyridine rings is 1. The van der Waals surface area contributed by atoms with Crippen LogP contribution in [-0.4, -0.2) is 15.1 Å². The molecule has 0 aliphatic carbocycles. The number of halogens is 1. The van der Waals surface area contributed by atoms with Crippen molar-refractivity contribution in [1.82, 2.24) is 9.97 Å². The number of aromatic hydroxyl groups is 1. The first-order valence-corrected chi connectivity index (χ1v) is 8.64. The molecule has 4 aromatic rings. The highest BCUT2D eigenvalue weighted by Crippen LogP contribution is 2.30. The molecular formula is C19H15FN2O2S. The number of hydrogen-bond donors (Lipinski definition) is 2. The molecule has 6 heteroatoms. The van der Waals surface area contributed by atoms with Gasteiger partial charge >= 0.3 is 0 Å². The number of rotatable bonds is 2. The summed E-state index contributed by atoms with van der Waals surface area (Å²) in [5.41, 5.74) is 3.19. The molecule has 0 unspecified atom stereocenters. The van der Waals surface area contributed by atoms with Gasteiger partial charge < -0.3 is 10.1 Å². The van der Waals surface area contributed by atoms with Crippen molar-refractivity contribution in [3.8, 4) is 5.75 Å². The van der Waals surface area contributed by atoms with E-state index in [0.29, 0.717) is 28.4 Å². The number of nitrogens with zero attached hydrogens (tertiary/aromatic N) is 1. The molecule has 0 radical (unpaired) electrons. The van der Waals surface area contributed by atoms with Gasteiger partial charge in [0.2, 0.25) is 0 Å². The van der Waals surface area contributed by atoms with Crippen LogP contribution in [0, 0.1) is 19.7 Å². The van der Waals surface area contributed by atoms with E-state index in [1.807, 2.05) is 19.9 Å². The summed E-state index contributed by atoms with van der Waals surface area (Å²) >= 11 is 1.44. The molecule has 0 fully saturated rings. The van der Waals surface area contributed by atoms with Crippen molar-refractivity contribution in [3.63, 3.8) is 0 Å². The van der Waals surface area contributed by atoms with Gasteiger partial charge in [-0.15, -0.1) is 11.3 Å². The van der Waals surface area contributed by atoms with E-state index in [1.165, 1.54) is 23.5 Å². The van der Waals surface area contributed by atoms with E-state index in [1.54, 1.807) is 12.1 Å². The summed E-state index contributed by atoms with van der Waals surface area (Å²) in [6.45, 7) is 3.69. The number of H-pyrrole nitrogens is 1. The number of phenolic OH excluding ortho intramolecular Hbond substituents is 1. The normalized spacial score (nSPS) is 11.5. The Morgan fingerprint density at radius 3 is 2.84 bits per heavy atom. The lowest BCUT2D eigenvalue weighted by molar-refractivity contribution is 0.481. The van der Waals surface area contributed by atoms with E-state index in [4.69, 9.17) is 0 Å². The van der Waals surface area contributed by atoms with E-state index in [2.05, 4.69) is 9.97 Å². The highest BCUT2D eigenvalue weighted by molar-refractivity contribution is 7.18. The summed E-state index contributed by atoms with van der Waals surface area (Å²) in [7, 11) is 0. The van der Waals surface area contributed by atoms with Gasteiger partial charge in [-0.2, -0.15) is 0 Å². The molecule has 126 valence electrons. The van der Waals surface area contributed by atoms with Crippen molar-refractivity contribution in [3.05, 3.63) is 68.2 Å². The summed E-state index contributed by atoms with van der Waals surface area (Å²) < 4.78 is 14.2. The van der Waals surface area contributed by atoms with Gasteiger partial charge in [0.25, 0.3) is 5.56 Å². The van der Waals surface area contributed by atoms with Crippen molar-refractivity contribution in [2.45, 2.75) is 20.3 Å². The Kier molecular flexibility index (Phi) is 3.58. The summed E-state index contributed by atoms with van der Waals surface area (Å²) in [5, 5.41) is 11.7. The van der Waals surface area contributed by atoms with Gasteiger partial charge in [0.15, 0.2) is 0 Å². The molecule has 4 nitrogen and oxygen atoms in total. The smallest absolute Gasteiger partial charge is 0.252 e. The van der Waals surface area contributed by atoms with Crippen LogP contribution in [0.4, 0.5) is 4.39 Å². The highest BCUT2D eigenvalue weighted by atomic mass is 32.1. The first-order valence-electron chi connectivity index (χ1n) is 7.82. The highest BCUT2D eigenvalue weighted by Gasteiger charge is 2.15. The van der Waals surface area contributed by atoms with Crippen LogP contribution >= 0.6 is 11.3 Å². The number of aryl methyl sites for hydroxylation is 2. The third-order valence-electron chi connectivity index (χ3n) is 4.33. The lowest BCUT2D eigenvalue weighted by Crippen LogP contribution is -2.15. The van der Waals surface area contributed by atoms with Crippen LogP contribution in [0.2, 0.25) is 0 Å². The molecule has 0 aliphatic rings. The first kappa shape index (κ1) is 15.8. The minimum atomic E-state index is -0.329. The molecule has 2 aromatic carbocycles. The number of aromatic amines is 1. The van der Waals surface area contributed by atoms with Crippen LogP contribution in [0.3, 0.4) is 0 Å². The van der Waals surface area contributed by atoms with Crippen LogP contribution in [0.1, 0.15) is 21.7 Å². The van der Waals surface area contributed by atoms with Crippen LogP contribution in [0.15, 0.2) is 35.1 Å². The number of fused-ring (bicyclic) bond motifs is 2. The number of thiazole rings is 1. The largest absolute Gasteiger partial charge is 0.507 e. The molecule has 2 heterocycles. The van der Waals surface area contributed by atoms with Gasteiger partial charge in [0.05, 0.1) is 20.7 Å². The average Bonchev–Trinajstić information content (AvgIpc) is 2.92. The topological polar surface area (TPSA) is 66.0 Å². The fraction of sp³-hybridized carbons (Fsp3) is 0.158. The molecule has 0 atom stereocenters. The van der Waals surface area contributed by atoms with Gasteiger partial charge in [-0.05, 0) is 49.2 Å². The molecular weight excluding hydrogens is 339 g/mol. The zero-order valence-corrected chi connectivity index (χ0v) is 14.5. The van der Waals surface area contributed by atoms with Gasteiger partial charge in [-0.3, -0.25) is 4.79 Å². The fourth-order valence-electron chi connectivity index (χ4n) is 3.17. The Labute approximate surface area is 146 Å². The molecule has 0 saturated heterocycles. The second-order valence-electron chi connectivity index (χ2n) is 6.16. The van der Waals surface area contributed by atoms with Crippen molar-refractivity contribution in [1.29, 1.82) is 0 Å². The number of nitrogens with one attached hydrogen (secondary N) is 1. The molecule has 2 aromatic heterocycles. The second kappa shape index (κ2) is 5.67. The maximum Gasteiger partial charge on any atom is 0.252 e. The van der Waals surface area contributed by atoms with E-state index in [9.17, 15) is 14.3 Å². The summed E-state index contributed by atoms with van der Waals surface area (Å²) in [6, 6.07) is 8.00. The lowest BCUT2D eigenvalue weighted by Gasteiger charge is -2.10. The van der Waals surface area contributed by atoms with E-state index in [0.717, 1.165) is 20.8 Å². The number of hydrogen-bond acceptors (Lipinski definition) is 4. The van der Waals surface area contributed by atoms with Gasteiger partial charge in [0, 0.05) is 23.4 Å². The van der Waals surface area contributed by atoms with Gasteiger partial charge in [0.1, 0.15) is 11.6 Å². The van der Waals surface area contributed by atoms with Gasteiger partial charge in [-0.1, -0.05) is 0 Å². The van der Waals surface area contributed by atoms with Crippen LogP contribution in [0.25, 0.3) is 21.1 Å². The van der Waals surface area contributed by atoms with E-state index in [-0.39, 0.29) is 17.1 Å². The summed E-state index contributed by atoms with van der Waals surface area (Å²) in [4.78, 5) is 19.8. The predicted molar refractivity (Wildman–Crippen MR) is 98.1 cm³/mol. The Morgan fingerprint density at radius 2 is 2.04 bits per heavy atom. The summed E-state index contributed by atoms with van der Waals surface area (Å²) in [5.74, 6) is -0.180. The minimum absolute atomic E-state index is 0.149. The maximum atomic E-state index is 13.3. The lowest BCUT2D eigenvalue weighted by atomic mass is 10.0. The van der Waals surface area contributed by atoms with E-state index >= 15 is 0 Å². The standard InChI is InChI=1S/C19H15FN2O2S/c1-9-5-14-18(15(23)6-9)10(2)12(19(24)22-14)8-17-21-13-7-11(20)3-4-16(13)25-17/h3-7,23H,8H2,1-2H3,(H,22,24). The number of benzene rings is 2. The zero-order valence-electron chi connectivity index (χ0n) is 13.7. The van der Waals surface area contributed by atoms with Gasteiger partial charge in [-0.25, -0.2) is 9.37 Å². The van der Waals surface area contributed by atoms with Crippen molar-refractivity contribution in [2.75, 3.05) is 0 Å². The SMILES string of the molecule is Cc1cc(O)c2c(C)c(Cc3nc4cc(F)ccc4s3)c(=O)[nH]c2c1. The maximum absolute atomic E-state index is 13.3. The Bertz CT molecular complexity index is 1190. The molecule has 4 rings (SSSR count). The fourth-order valence-corrected chi connectivity index (χ4v) is 4.13. The average molecular weight is 354 g/mol. The molecule has 0 spiro atoms. The minimum Gasteiger partial charge on any atom is -0.507 e. The third kappa shape index (κ3) is 2.68. The number of phenols is 1. The van der Waals surface area contributed by atoms with E-state index < -0.39 is 0 Å². The predicted octanol–water partition coefficient (Wildman–Crippen LogP) is 4.19. The molecule has 0 aliphatic heterocycles. The first-order chi connectivity index (χ1) is 11.9. The number of aromatic nitrogens is 2. The molecule has 25 heavy (non-hydrogen) atoms. The summed E-state index contributed by atoms with van der Waals surface area (Å²) in [6.07, 6.45) is 0.339. The zero-order chi connectivity index (χ0) is 17.7. The van der Waals surface area contributed by atoms with Crippen LogP contribution < -0.4 is 5.56 Å². The van der Waals surface area contributed by atoms with Crippen molar-refractivity contribution in [2.24, 2.45) is 0 Å². The Balaban J connectivity index is 1.86. The molecule has 2 N–H and O–H groups in total. The third-order valence-corrected chi connectivity index (χ3v) is 5.37. The van der Waals surface area contributed by atoms with Crippen molar-refractivity contribution >= 4 is 32.5 Å². The van der Waals surface area contributed by atoms with Crippen molar-refractivity contribution < 1.29 is 9.50 Å². The Morgan fingerprint density at radius 1 is 1.24 bits per heavy atom. The molecule has 0 bridgehead atoms. The monoisotopic (exact) mass is 354 g/mol. The van der Waals surface area contributed by atoms with Crippen LogP contribution in [-0.2, 0) is 6.42 Å². The molecule has 0 amide bonds. The second-order valence-corrected chi connectivity index (χ2v) is 7.28.